The second-order valence-corrected chi connectivity index (χ2v) is 5.13. The number of hydrogen-bond acceptors (Lipinski definition) is 4. The van der Waals surface area contributed by atoms with Crippen LogP contribution in [0, 0.1) is 0 Å². The third-order valence-corrected chi connectivity index (χ3v) is 3.32. The van der Waals surface area contributed by atoms with Crippen LogP contribution in [0.1, 0.15) is 5.56 Å². The summed E-state index contributed by atoms with van der Waals surface area (Å²) in [7, 11) is 5.34. The maximum Gasteiger partial charge on any atom is 0.387 e. The number of halogens is 3. The molecule has 0 fully saturated rings. The number of ether oxygens (including phenoxy) is 2. The van der Waals surface area contributed by atoms with Gasteiger partial charge in [-0.1, -0.05) is 18.2 Å². The van der Waals surface area contributed by atoms with Gasteiger partial charge in [-0.2, -0.15) is 8.78 Å². The van der Waals surface area contributed by atoms with Crippen molar-refractivity contribution in [2.24, 2.45) is 4.99 Å². The van der Waals surface area contributed by atoms with Crippen molar-refractivity contribution in [2.75, 3.05) is 47.4 Å². The van der Waals surface area contributed by atoms with Crippen LogP contribution in [0.25, 0.3) is 0 Å². The molecule has 1 rings (SSSR count). The van der Waals surface area contributed by atoms with Crippen LogP contribution in [0.3, 0.4) is 0 Å². The Morgan fingerprint density at radius 2 is 1.96 bits per heavy atom. The van der Waals surface area contributed by atoms with E-state index < -0.39 is 6.61 Å². The summed E-state index contributed by atoms with van der Waals surface area (Å²) in [5, 5.41) is 6.26. The zero-order chi connectivity index (χ0) is 17.8. The highest BCUT2D eigenvalue weighted by Gasteiger charge is 2.09. The summed E-state index contributed by atoms with van der Waals surface area (Å²) in [5.41, 5.74) is 0.637. The molecule has 0 amide bonds. The highest BCUT2D eigenvalue weighted by atomic mass is 127. The zero-order valence-corrected chi connectivity index (χ0v) is 17.1. The lowest BCUT2D eigenvalue weighted by Crippen LogP contribution is -2.41. The number of rotatable bonds is 10. The number of hydrogen-bond donors (Lipinski definition) is 2. The Balaban J connectivity index is 0.00000576. The second-order valence-electron chi connectivity index (χ2n) is 5.13. The van der Waals surface area contributed by atoms with Crippen LogP contribution in [0.4, 0.5) is 8.78 Å². The van der Waals surface area contributed by atoms with Crippen LogP contribution in [0.2, 0.25) is 0 Å². The normalized spacial score (nSPS) is 11.4. The largest absolute Gasteiger partial charge is 0.434 e. The van der Waals surface area contributed by atoms with Crippen LogP contribution < -0.4 is 15.4 Å². The van der Waals surface area contributed by atoms with Crippen molar-refractivity contribution >= 4 is 29.9 Å². The van der Waals surface area contributed by atoms with E-state index in [1.165, 1.54) is 6.07 Å². The van der Waals surface area contributed by atoms with Gasteiger partial charge in [0.25, 0.3) is 0 Å². The molecular weight excluding hydrogens is 445 g/mol. The molecule has 6 nitrogen and oxygen atoms in total. The summed E-state index contributed by atoms with van der Waals surface area (Å²) >= 11 is 0. The Kier molecular flexibility index (Phi) is 13.3. The van der Waals surface area contributed by atoms with Gasteiger partial charge in [0.15, 0.2) is 5.96 Å². The summed E-state index contributed by atoms with van der Waals surface area (Å²) in [6, 6.07) is 6.68. The van der Waals surface area contributed by atoms with Gasteiger partial charge in [0.05, 0.1) is 6.61 Å². The number of benzene rings is 1. The summed E-state index contributed by atoms with van der Waals surface area (Å²) in [5.74, 6) is 0.761. The topological polar surface area (TPSA) is 58.1 Å². The van der Waals surface area contributed by atoms with E-state index in [1.807, 2.05) is 7.05 Å². The van der Waals surface area contributed by atoms with Gasteiger partial charge in [0.2, 0.25) is 0 Å². The number of alkyl halides is 2. The lowest BCUT2D eigenvalue weighted by molar-refractivity contribution is -0.0504. The minimum Gasteiger partial charge on any atom is -0.434 e. The molecule has 0 unspecified atom stereocenters. The minimum absolute atomic E-state index is 0. The number of methoxy groups -OCH3 is 1. The van der Waals surface area contributed by atoms with Crippen molar-refractivity contribution in [3.8, 4) is 5.75 Å². The number of likely N-dealkylation sites (N-methyl/N-ethyl adjacent to an activating group) is 1. The number of guanidine groups is 1. The average Bonchev–Trinajstić information content (AvgIpc) is 2.56. The van der Waals surface area contributed by atoms with Crippen molar-refractivity contribution < 1.29 is 18.3 Å². The second kappa shape index (κ2) is 14.0. The lowest BCUT2D eigenvalue weighted by Gasteiger charge is -2.18. The van der Waals surface area contributed by atoms with Gasteiger partial charge in [-0.25, -0.2) is 0 Å². The fourth-order valence-electron chi connectivity index (χ4n) is 1.98. The van der Waals surface area contributed by atoms with Crippen LogP contribution in [-0.2, 0) is 11.3 Å². The molecule has 1 aromatic carbocycles. The predicted octanol–water partition coefficient (Wildman–Crippen LogP) is 2.15. The molecule has 1 aromatic rings. The van der Waals surface area contributed by atoms with Crippen molar-refractivity contribution in [2.45, 2.75) is 13.2 Å². The van der Waals surface area contributed by atoms with Crippen molar-refractivity contribution in [3.63, 3.8) is 0 Å². The Morgan fingerprint density at radius 1 is 1.24 bits per heavy atom. The number of nitrogens with one attached hydrogen (secondary N) is 2. The molecule has 25 heavy (non-hydrogen) atoms. The molecular formula is C16H27F2IN4O2. The summed E-state index contributed by atoms with van der Waals surface area (Å²) < 4.78 is 34.3. The van der Waals surface area contributed by atoms with Gasteiger partial charge in [0.1, 0.15) is 5.75 Å². The van der Waals surface area contributed by atoms with Crippen molar-refractivity contribution in [1.29, 1.82) is 0 Å². The van der Waals surface area contributed by atoms with E-state index >= 15 is 0 Å². The monoisotopic (exact) mass is 472 g/mol. The molecule has 0 saturated carbocycles. The fraction of sp³-hybridized carbons (Fsp3) is 0.562. The van der Waals surface area contributed by atoms with Gasteiger partial charge in [0, 0.05) is 45.9 Å². The molecule has 9 heteroatoms. The van der Waals surface area contributed by atoms with Crippen LogP contribution in [0.5, 0.6) is 5.75 Å². The highest BCUT2D eigenvalue weighted by molar-refractivity contribution is 14.0. The van der Waals surface area contributed by atoms with Crippen molar-refractivity contribution in [1.82, 2.24) is 15.5 Å². The third kappa shape index (κ3) is 10.4. The minimum atomic E-state index is -2.84. The molecule has 0 spiro atoms. The Morgan fingerprint density at radius 3 is 2.60 bits per heavy atom. The molecule has 0 aliphatic rings. The van der Waals surface area contributed by atoms with Crippen LogP contribution in [0.15, 0.2) is 29.3 Å². The van der Waals surface area contributed by atoms with E-state index in [0.717, 1.165) is 13.1 Å². The maximum absolute atomic E-state index is 12.4. The smallest absolute Gasteiger partial charge is 0.387 e. The standard InChI is InChI=1S/C16H26F2N4O2.HI/c1-19-16(20-8-9-22(2)10-11-23-3)21-12-13-6-4-5-7-14(13)24-15(17)18;/h4-7,15H,8-12H2,1-3H3,(H2,19,20,21);1H. The first-order valence-electron chi connectivity index (χ1n) is 7.71. The molecule has 0 aromatic heterocycles. The van der Waals surface area contributed by atoms with Crippen molar-refractivity contribution in [3.05, 3.63) is 29.8 Å². The van der Waals surface area contributed by atoms with Gasteiger partial charge < -0.3 is 25.0 Å². The van der Waals surface area contributed by atoms with E-state index in [-0.39, 0.29) is 29.7 Å². The van der Waals surface area contributed by atoms with Crippen LogP contribution in [-0.4, -0.2) is 64.9 Å². The highest BCUT2D eigenvalue weighted by Crippen LogP contribution is 2.19. The summed E-state index contributed by atoms with van der Waals surface area (Å²) in [6.45, 7) is 0.561. The maximum atomic E-state index is 12.4. The molecule has 0 saturated heterocycles. The Labute approximate surface area is 165 Å². The number of para-hydroxylation sites is 1. The quantitative estimate of drug-likeness (QED) is 0.311. The van der Waals surface area contributed by atoms with E-state index in [1.54, 1.807) is 32.4 Å². The van der Waals surface area contributed by atoms with E-state index in [9.17, 15) is 8.78 Å². The molecule has 0 heterocycles. The molecule has 144 valence electrons. The SMILES string of the molecule is CN=C(NCCN(C)CCOC)NCc1ccccc1OC(F)F.I. The molecule has 0 radical (unpaired) electrons. The fourth-order valence-corrected chi connectivity index (χ4v) is 1.98. The number of aliphatic imine (C=N–C) groups is 1. The predicted molar refractivity (Wildman–Crippen MR) is 106 cm³/mol. The van der Waals surface area contributed by atoms with Crippen LogP contribution >= 0.6 is 24.0 Å². The molecule has 0 aliphatic heterocycles. The molecule has 0 aliphatic carbocycles. The Bertz CT molecular complexity index is 507. The van der Waals surface area contributed by atoms with Gasteiger partial charge in [-0.15, -0.1) is 24.0 Å². The van der Waals surface area contributed by atoms with Gasteiger partial charge >= 0.3 is 6.61 Å². The first-order chi connectivity index (χ1) is 11.6. The van der Waals surface area contributed by atoms with Gasteiger partial charge in [-0.3, -0.25) is 4.99 Å². The number of nitrogens with zero attached hydrogens (tertiary/aromatic N) is 2. The zero-order valence-electron chi connectivity index (χ0n) is 14.8. The molecule has 0 atom stereocenters. The Hall–Kier alpha value is -1.20. The first-order valence-corrected chi connectivity index (χ1v) is 7.71. The molecule has 0 bridgehead atoms. The van der Waals surface area contributed by atoms with E-state index in [2.05, 4.69) is 25.3 Å². The summed E-state index contributed by atoms with van der Waals surface area (Å²) in [6.07, 6.45) is 0. The lowest BCUT2D eigenvalue weighted by atomic mass is 10.2. The van der Waals surface area contributed by atoms with E-state index in [4.69, 9.17) is 4.74 Å². The average molecular weight is 472 g/mol. The third-order valence-electron chi connectivity index (χ3n) is 3.32. The summed E-state index contributed by atoms with van der Waals surface area (Å²) in [4.78, 5) is 6.25. The first kappa shape index (κ1) is 23.8. The molecule has 2 N–H and O–H groups in total. The van der Waals surface area contributed by atoms with E-state index in [0.29, 0.717) is 31.2 Å². The van der Waals surface area contributed by atoms with Gasteiger partial charge in [-0.05, 0) is 13.1 Å².